The van der Waals surface area contributed by atoms with Gasteiger partial charge in [0.1, 0.15) is 0 Å². The van der Waals surface area contributed by atoms with Crippen molar-refractivity contribution in [3.63, 3.8) is 0 Å². The van der Waals surface area contributed by atoms with Crippen molar-refractivity contribution in [3.8, 4) is 0 Å². The molecule has 0 amide bonds. The first kappa shape index (κ1) is 18.8. The van der Waals surface area contributed by atoms with Gasteiger partial charge in [0.2, 0.25) is 0 Å². The van der Waals surface area contributed by atoms with E-state index in [1.54, 1.807) is 13.8 Å². The van der Waals surface area contributed by atoms with Gasteiger partial charge in [-0.25, -0.2) is 8.78 Å². The maximum Gasteiger partial charge on any atom is 0.274 e. The van der Waals surface area contributed by atoms with Gasteiger partial charge in [0.25, 0.3) is 5.92 Å². The summed E-state index contributed by atoms with van der Waals surface area (Å²) in [6.07, 6.45) is 0.554. The highest BCUT2D eigenvalue weighted by molar-refractivity contribution is 5.25. The lowest BCUT2D eigenvalue weighted by atomic mass is 9.79. The molecule has 0 aromatic heterocycles. The number of benzene rings is 1. The van der Waals surface area contributed by atoms with Crippen LogP contribution in [0.25, 0.3) is 0 Å². The highest BCUT2D eigenvalue weighted by atomic mass is 19.3. The summed E-state index contributed by atoms with van der Waals surface area (Å²) < 4.78 is 29.2. The summed E-state index contributed by atoms with van der Waals surface area (Å²) in [4.78, 5) is 0. The maximum atomic E-state index is 14.6. The number of halogens is 2. The molecule has 1 rings (SSSR count). The summed E-state index contributed by atoms with van der Waals surface area (Å²) in [5.41, 5.74) is 0.438. The first-order chi connectivity index (χ1) is 10.1. The van der Waals surface area contributed by atoms with E-state index in [1.165, 1.54) is 20.8 Å². The van der Waals surface area contributed by atoms with Crippen molar-refractivity contribution in [1.82, 2.24) is 0 Å². The smallest absolute Gasteiger partial charge is 0.274 e. The third-order valence-electron chi connectivity index (χ3n) is 4.20. The summed E-state index contributed by atoms with van der Waals surface area (Å²) in [6.45, 7) is 7.96. The largest absolute Gasteiger partial charge is 0.389 e. The van der Waals surface area contributed by atoms with Crippen LogP contribution in [0.4, 0.5) is 8.78 Å². The number of aryl methyl sites for hydroxylation is 1. The fraction of sp³-hybridized carbons (Fsp3) is 0.579. The average molecular weight is 310 g/mol. The van der Waals surface area contributed by atoms with Gasteiger partial charge >= 0.3 is 0 Å². The second kappa shape index (κ2) is 7.36. The standard InChI is InChI=1S/C19H28F2O/c1-6-16(19(20,21)18(3,4)5)14(2)17(22)13-12-15-10-8-7-9-11-15/h7-11,17,22H,6,12-13H2,1-5H3/b16-14+. The molecule has 0 bridgehead atoms. The van der Waals surface area contributed by atoms with Crippen molar-refractivity contribution in [1.29, 1.82) is 0 Å². The van der Waals surface area contributed by atoms with Crippen LogP contribution in [0.15, 0.2) is 41.5 Å². The van der Waals surface area contributed by atoms with E-state index in [1.807, 2.05) is 30.3 Å². The van der Waals surface area contributed by atoms with Crippen LogP contribution < -0.4 is 0 Å². The zero-order chi connectivity index (χ0) is 17.0. The summed E-state index contributed by atoms with van der Waals surface area (Å²) in [5.74, 6) is -2.92. The van der Waals surface area contributed by atoms with E-state index in [0.29, 0.717) is 18.4 Å². The lowest BCUT2D eigenvalue weighted by molar-refractivity contribution is -0.0652. The zero-order valence-electron chi connectivity index (χ0n) is 14.3. The van der Waals surface area contributed by atoms with Crippen LogP contribution in [0.2, 0.25) is 0 Å². The summed E-state index contributed by atoms with van der Waals surface area (Å²) >= 11 is 0. The minimum absolute atomic E-state index is 0.0700. The molecule has 0 aliphatic rings. The molecular weight excluding hydrogens is 282 g/mol. The molecule has 0 radical (unpaired) electrons. The molecule has 124 valence electrons. The SMILES string of the molecule is CC/C(=C(/C)C(O)CCc1ccccc1)C(F)(F)C(C)(C)C. The number of aliphatic hydroxyl groups excluding tert-OH is 1. The van der Waals surface area contributed by atoms with E-state index >= 15 is 0 Å². The molecule has 0 fully saturated rings. The topological polar surface area (TPSA) is 20.2 Å². The predicted octanol–water partition coefficient (Wildman–Crippen LogP) is 5.39. The molecule has 22 heavy (non-hydrogen) atoms. The van der Waals surface area contributed by atoms with Crippen LogP contribution in [0, 0.1) is 5.41 Å². The Morgan fingerprint density at radius 1 is 1.14 bits per heavy atom. The molecule has 0 saturated heterocycles. The molecule has 0 spiro atoms. The number of alkyl halides is 2. The molecule has 1 aromatic carbocycles. The molecule has 1 nitrogen and oxygen atoms in total. The minimum atomic E-state index is -2.92. The van der Waals surface area contributed by atoms with Crippen molar-refractivity contribution in [2.45, 2.75) is 65.9 Å². The molecule has 1 aromatic rings. The van der Waals surface area contributed by atoms with Crippen LogP contribution in [0.1, 0.15) is 53.0 Å². The van der Waals surface area contributed by atoms with Gasteiger partial charge in [0.15, 0.2) is 0 Å². The lowest BCUT2D eigenvalue weighted by Gasteiger charge is -2.34. The number of allylic oxidation sites excluding steroid dienone is 1. The molecule has 1 unspecified atom stereocenters. The van der Waals surface area contributed by atoms with Crippen LogP contribution >= 0.6 is 0 Å². The minimum Gasteiger partial charge on any atom is -0.389 e. The van der Waals surface area contributed by atoms with Gasteiger partial charge in [0, 0.05) is 11.0 Å². The Balaban J connectivity index is 2.91. The van der Waals surface area contributed by atoms with Gasteiger partial charge in [0.05, 0.1) is 6.10 Å². The Hall–Kier alpha value is -1.22. The first-order valence-electron chi connectivity index (χ1n) is 7.91. The monoisotopic (exact) mass is 310 g/mol. The summed E-state index contributed by atoms with van der Waals surface area (Å²) in [7, 11) is 0. The molecule has 3 heteroatoms. The molecule has 0 saturated carbocycles. The van der Waals surface area contributed by atoms with E-state index in [-0.39, 0.29) is 12.0 Å². The van der Waals surface area contributed by atoms with E-state index < -0.39 is 17.4 Å². The van der Waals surface area contributed by atoms with Gasteiger partial charge in [-0.3, -0.25) is 0 Å². The molecular formula is C19H28F2O. The van der Waals surface area contributed by atoms with Gasteiger partial charge in [-0.2, -0.15) is 0 Å². The maximum absolute atomic E-state index is 14.6. The second-order valence-corrected chi connectivity index (χ2v) is 6.88. The molecule has 0 aliphatic heterocycles. The van der Waals surface area contributed by atoms with Crippen LogP contribution in [0.3, 0.4) is 0 Å². The zero-order valence-corrected chi connectivity index (χ0v) is 14.3. The van der Waals surface area contributed by atoms with Crippen LogP contribution in [-0.4, -0.2) is 17.1 Å². The Kier molecular flexibility index (Phi) is 6.30. The van der Waals surface area contributed by atoms with Crippen molar-refractivity contribution >= 4 is 0 Å². The van der Waals surface area contributed by atoms with E-state index in [2.05, 4.69) is 0 Å². The van der Waals surface area contributed by atoms with E-state index in [9.17, 15) is 13.9 Å². The Bertz CT molecular complexity index is 498. The fourth-order valence-electron chi connectivity index (χ4n) is 2.57. The number of hydrogen-bond donors (Lipinski definition) is 1. The number of hydrogen-bond acceptors (Lipinski definition) is 1. The molecule has 1 atom stereocenters. The van der Waals surface area contributed by atoms with Crippen LogP contribution in [0.5, 0.6) is 0 Å². The third-order valence-corrected chi connectivity index (χ3v) is 4.20. The molecule has 1 N–H and O–H groups in total. The first-order valence-corrected chi connectivity index (χ1v) is 7.91. The quantitative estimate of drug-likeness (QED) is 0.699. The van der Waals surface area contributed by atoms with Crippen molar-refractivity contribution in [2.24, 2.45) is 5.41 Å². The van der Waals surface area contributed by atoms with Crippen molar-refractivity contribution in [2.75, 3.05) is 0 Å². The molecule has 0 aliphatic carbocycles. The highest BCUT2D eigenvalue weighted by Crippen LogP contribution is 2.44. The average Bonchev–Trinajstić information content (AvgIpc) is 2.45. The van der Waals surface area contributed by atoms with E-state index in [0.717, 1.165) is 5.56 Å². The Labute approximate surface area is 133 Å². The summed E-state index contributed by atoms with van der Waals surface area (Å²) in [6, 6.07) is 9.78. The number of rotatable bonds is 6. The molecule has 0 heterocycles. The third kappa shape index (κ3) is 4.39. The predicted molar refractivity (Wildman–Crippen MR) is 88.2 cm³/mol. The Morgan fingerprint density at radius 2 is 1.68 bits per heavy atom. The van der Waals surface area contributed by atoms with Crippen LogP contribution in [-0.2, 0) is 6.42 Å². The van der Waals surface area contributed by atoms with Gasteiger partial charge < -0.3 is 5.11 Å². The highest BCUT2D eigenvalue weighted by Gasteiger charge is 2.46. The number of aliphatic hydroxyl groups is 1. The van der Waals surface area contributed by atoms with Gasteiger partial charge in [-0.15, -0.1) is 0 Å². The summed E-state index contributed by atoms with van der Waals surface area (Å²) in [5, 5.41) is 10.3. The fourth-order valence-corrected chi connectivity index (χ4v) is 2.57. The van der Waals surface area contributed by atoms with E-state index in [4.69, 9.17) is 0 Å². The van der Waals surface area contributed by atoms with Gasteiger partial charge in [-0.1, -0.05) is 58.0 Å². The lowest BCUT2D eigenvalue weighted by Crippen LogP contribution is -2.37. The van der Waals surface area contributed by atoms with Gasteiger partial charge in [-0.05, 0) is 37.3 Å². The second-order valence-electron chi connectivity index (χ2n) is 6.88. The van der Waals surface area contributed by atoms with Crippen molar-refractivity contribution in [3.05, 3.63) is 47.0 Å². The Morgan fingerprint density at radius 3 is 2.14 bits per heavy atom. The van der Waals surface area contributed by atoms with Crippen molar-refractivity contribution < 1.29 is 13.9 Å². The normalized spacial score (nSPS) is 15.5.